The number of hydroxylamine groups is 1. The second-order valence-corrected chi connectivity index (χ2v) is 13.7. The average Bonchev–Trinajstić information content (AvgIpc) is 3.08. The molecule has 0 atom stereocenters. The number of carbonyl (C=O) groups is 1. The summed E-state index contributed by atoms with van der Waals surface area (Å²) in [6.07, 6.45) is 3.42. The lowest BCUT2D eigenvalue weighted by molar-refractivity contribution is 0.0701. The third-order valence-corrected chi connectivity index (χ3v) is 9.18. The van der Waals surface area contributed by atoms with E-state index >= 15 is 4.39 Å². The number of amides is 1. The van der Waals surface area contributed by atoms with Crippen molar-refractivity contribution in [2.75, 3.05) is 62.4 Å². The lowest BCUT2D eigenvalue weighted by atomic mass is 9.88. The number of likely N-dealkylation sites (tertiary alicyclic amines) is 1. The van der Waals surface area contributed by atoms with Gasteiger partial charge in [-0.15, -0.1) is 0 Å². The summed E-state index contributed by atoms with van der Waals surface area (Å²) in [6, 6.07) is 6.05. The molecule has 3 N–H and O–H groups in total. The van der Waals surface area contributed by atoms with Gasteiger partial charge < -0.3 is 14.4 Å². The first-order valence-corrected chi connectivity index (χ1v) is 17.3. The molecule has 13 nitrogen and oxygen atoms in total. The molecule has 0 aliphatic carbocycles. The van der Waals surface area contributed by atoms with Crippen LogP contribution in [0, 0.1) is 17.5 Å². The van der Waals surface area contributed by atoms with Crippen molar-refractivity contribution < 1.29 is 41.1 Å². The number of benzene rings is 2. The van der Waals surface area contributed by atoms with Crippen LogP contribution >= 0.6 is 0 Å². The number of fused-ring (bicyclic) bond motifs is 1. The average molecular weight is 702 g/mol. The predicted molar refractivity (Wildman–Crippen MR) is 174 cm³/mol. The largest absolute Gasteiger partial charge is 0.480 e. The normalized spacial score (nSPS) is 16.2. The number of hydrogen-bond donors (Lipinski definition) is 3. The van der Waals surface area contributed by atoms with Crippen molar-refractivity contribution >= 4 is 38.5 Å². The number of nitrogens with one attached hydrogen (secondary N) is 2. The predicted octanol–water partition coefficient (Wildman–Crippen LogP) is 3.82. The first-order valence-electron chi connectivity index (χ1n) is 15.4. The van der Waals surface area contributed by atoms with E-state index in [1.165, 1.54) is 37.0 Å². The molecule has 4 aromatic rings. The van der Waals surface area contributed by atoms with Crippen LogP contribution in [0.4, 0.5) is 24.8 Å². The standard InChI is InChI=1S/C32H34F3N7O6S/c1-47-31-27(40-49(2,45)46)12-19(16-36-31)28-24-13-21(33)11-20(29(24)38-32(37-28)42-7-9-48-10-8-42)17-41-5-3-18(4-6-41)22-14-26(35)23(15-25(22)34)30(43)39-44/h11-16,18,40,44H,3-10,17H2,1-2H3,(H,39,43). The third-order valence-electron chi connectivity index (χ3n) is 8.59. The zero-order valence-electron chi connectivity index (χ0n) is 26.7. The molecule has 0 bridgehead atoms. The fourth-order valence-corrected chi connectivity index (χ4v) is 6.81. The number of carbonyl (C=O) groups excluding carboxylic acids is 1. The molecule has 0 radical (unpaired) electrons. The zero-order valence-corrected chi connectivity index (χ0v) is 27.5. The fraction of sp³-hybridized carbons (Fsp3) is 0.375. The second-order valence-electron chi connectivity index (χ2n) is 11.9. The number of hydrogen-bond acceptors (Lipinski definition) is 11. The summed E-state index contributed by atoms with van der Waals surface area (Å²) >= 11 is 0. The number of nitrogens with zero attached hydrogens (tertiary/aromatic N) is 5. The Hall–Kier alpha value is -4.58. The van der Waals surface area contributed by atoms with Crippen molar-refractivity contribution in [2.24, 2.45) is 0 Å². The Morgan fingerprint density at radius 3 is 2.45 bits per heavy atom. The molecular formula is C32H34F3N7O6S. The number of aromatic nitrogens is 3. The molecule has 2 saturated heterocycles. The maximum Gasteiger partial charge on any atom is 0.277 e. The van der Waals surface area contributed by atoms with Gasteiger partial charge in [0.15, 0.2) is 0 Å². The number of anilines is 2. The molecule has 2 aliphatic heterocycles. The molecule has 2 aliphatic rings. The number of sulfonamides is 1. The summed E-state index contributed by atoms with van der Waals surface area (Å²) in [7, 11) is -2.33. The number of pyridine rings is 1. The molecule has 1 amide bonds. The molecule has 49 heavy (non-hydrogen) atoms. The Balaban J connectivity index is 1.34. The summed E-state index contributed by atoms with van der Waals surface area (Å²) in [5, 5.41) is 9.21. The topological polar surface area (TPSA) is 159 Å². The lowest BCUT2D eigenvalue weighted by Gasteiger charge is -2.33. The van der Waals surface area contributed by atoms with Gasteiger partial charge in [0.05, 0.1) is 43.4 Å². The van der Waals surface area contributed by atoms with Gasteiger partial charge >= 0.3 is 0 Å². The number of halogens is 3. The van der Waals surface area contributed by atoms with Crippen molar-refractivity contribution in [1.29, 1.82) is 0 Å². The maximum atomic E-state index is 15.4. The van der Waals surface area contributed by atoms with Crippen LogP contribution in [-0.4, -0.2) is 92.1 Å². The van der Waals surface area contributed by atoms with Gasteiger partial charge in [-0.25, -0.2) is 42.0 Å². The number of ether oxygens (including phenoxy) is 2. The minimum atomic E-state index is -3.69. The highest BCUT2D eigenvalue weighted by Gasteiger charge is 2.27. The van der Waals surface area contributed by atoms with Gasteiger partial charge in [-0.1, -0.05) is 0 Å². The van der Waals surface area contributed by atoms with E-state index in [1.54, 1.807) is 0 Å². The highest BCUT2D eigenvalue weighted by atomic mass is 32.2. The summed E-state index contributed by atoms with van der Waals surface area (Å²) < 4.78 is 82.2. The maximum absolute atomic E-state index is 15.4. The Labute approximate surface area is 280 Å². The van der Waals surface area contributed by atoms with E-state index < -0.39 is 38.9 Å². The van der Waals surface area contributed by atoms with Crippen LogP contribution in [0.1, 0.15) is 40.2 Å². The summed E-state index contributed by atoms with van der Waals surface area (Å²) in [4.78, 5) is 29.7. The molecule has 0 unspecified atom stereocenters. The van der Waals surface area contributed by atoms with Gasteiger partial charge in [0.2, 0.25) is 21.9 Å². The molecule has 0 saturated carbocycles. The summed E-state index contributed by atoms with van der Waals surface area (Å²) in [5.41, 5.74) is 2.78. The highest BCUT2D eigenvalue weighted by molar-refractivity contribution is 7.92. The van der Waals surface area contributed by atoms with E-state index in [-0.39, 0.29) is 23.0 Å². The van der Waals surface area contributed by atoms with Crippen molar-refractivity contribution in [3.8, 4) is 17.1 Å². The van der Waals surface area contributed by atoms with Gasteiger partial charge in [0.1, 0.15) is 23.1 Å². The monoisotopic (exact) mass is 701 g/mol. The highest BCUT2D eigenvalue weighted by Crippen LogP contribution is 2.36. The quantitative estimate of drug-likeness (QED) is 0.172. The zero-order chi connectivity index (χ0) is 34.9. The SMILES string of the molecule is COc1ncc(-c2nc(N3CCOCC3)nc3c(CN4CCC(c5cc(F)c(C(=O)NO)cc5F)CC4)cc(F)cc23)cc1NS(C)(=O)=O. The molecule has 2 aromatic heterocycles. The number of piperidine rings is 1. The minimum Gasteiger partial charge on any atom is -0.480 e. The van der Waals surface area contributed by atoms with Crippen LogP contribution in [0.15, 0.2) is 36.5 Å². The number of morpholine rings is 1. The molecule has 6 rings (SSSR count). The Morgan fingerprint density at radius 2 is 1.78 bits per heavy atom. The summed E-state index contributed by atoms with van der Waals surface area (Å²) in [6.45, 7) is 3.26. The van der Waals surface area contributed by atoms with E-state index in [0.717, 1.165) is 18.4 Å². The van der Waals surface area contributed by atoms with Crippen molar-refractivity contribution in [3.63, 3.8) is 0 Å². The van der Waals surface area contributed by atoms with E-state index in [9.17, 15) is 22.0 Å². The van der Waals surface area contributed by atoms with Crippen molar-refractivity contribution in [2.45, 2.75) is 25.3 Å². The van der Waals surface area contributed by atoms with Crippen LogP contribution in [0.25, 0.3) is 22.2 Å². The number of rotatable bonds is 9. The van der Waals surface area contributed by atoms with E-state index in [1.807, 2.05) is 4.90 Å². The third kappa shape index (κ3) is 7.54. The smallest absolute Gasteiger partial charge is 0.277 e. The molecule has 260 valence electrons. The van der Waals surface area contributed by atoms with Crippen LogP contribution in [0.2, 0.25) is 0 Å². The van der Waals surface area contributed by atoms with Gasteiger partial charge in [-0.2, -0.15) is 0 Å². The van der Waals surface area contributed by atoms with Crippen LogP contribution in [-0.2, 0) is 21.3 Å². The van der Waals surface area contributed by atoms with Crippen molar-refractivity contribution in [3.05, 3.63) is 70.7 Å². The molecule has 2 fully saturated rings. The van der Waals surface area contributed by atoms with Crippen LogP contribution in [0.5, 0.6) is 5.88 Å². The Bertz CT molecular complexity index is 2010. The van der Waals surface area contributed by atoms with Crippen LogP contribution in [0.3, 0.4) is 0 Å². The van der Waals surface area contributed by atoms with E-state index in [2.05, 4.69) is 14.6 Å². The van der Waals surface area contributed by atoms with Gasteiger partial charge in [0.25, 0.3) is 5.91 Å². The fourth-order valence-electron chi connectivity index (χ4n) is 6.27. The Morgan fingerprint density at radius 1 is 1.04 bits per heavy atom. The lowest BCUT2D eigenvalue weighted by Crippen LogP contribution is -2.37. The second kappa shape index (κ2) is 14.1. The van der Waals surface area contributed by atoms with Crippen LogP contribution < -0.4 is 19.8 Å². The van der Waals surface area contributed by atoms with Gasteiger partial charge in [-0.05, 0) is 73.3 Å². The first kappa shape index (κ1) is 34.3. The number of methoxy groups -OCH3 is 1. The molecule has 17 heteroatoms. The molecular weight excluding hydrogens is 667 g/mol. The van der Waals surface area contributed by atoms with E-state index in [4.69, 9.17) is 24.6 Å². The van der Waals surface area contributed by atoms with Crippen molar-refractivity contribution in [1.82, 2.24) is 25.3 Å². The van der Waals surface area contributed by atoms with E-state index in [0.29, 0.717) is 92.5 Å². The molecule has 2 aromatic carbocycles. The van der Waals surface area contributed by atoms with Gasteiger partial charge in [0, 0.05) is 36.8 Å². The minimum absolute atomic E-state index is 0.0467. The molecule has 0 spiro atoms. The molecule has 4 heterocycles. The summed E-state index contributed by atoms with van der Waals surface area (Å²) in [5.74, 6) is -3.22. The first-order chi connectivity index (χ1) is 23.4. The Kier molecular flexibility index (Phi) is 9.87. The van der Waals surface area contributed by atoms with Gasteiger partial charge in [-0.3, -0.25) is 19.6 Å².